The molecule has 0 aliphatic heterocycles. The molecule has 2 rings (SSSR count). The van der Waals surface area contributed by atoms with Crippen molar-refractivity contribution >= 4 is 5.82 Å². The summed E-state index contributed by atoms with van der Waals surface area (Å²) < 4.78 is 0. The zero-order chi connectivity index (χ0) is 14.1. The highest BCUT2D eigenvalue weighted by atomic mass is 15.0. The summed E-state index contributed by atoms with van der Waals surface area (Å²) in [7, 11) is 0. The standard InChI is InChI=1S/C16H23N3/c1-15(2)8-13(9-16(3,4)11-15)19-14-7-5-6-12(10-17)18-14/h5-7,13H,8-9,11H2,1-4H3,(H,18,19). The van der Waals surface area contributed by atoms with Crippen molar-refractivity contribution in [1.82, 2.24) is 4.98 Å². The van der Waals surface area contributed by atoms with Crippen LogP contribution in [0.4, 0.5) is 5.82 Å². The molecule has 102 valence electrons. The van der Waals surface area contributed by atoms with Gasteiger partial charge in [0.2, 0.25) is 0 Å². The van der Waals surface area contributed by atoms with Gasteiger partial charge in [0, 0.05) is 6.04 Å². The summed E-state index contributed by atoms with van der Waals surface area (Å²) in [5, 5.41) is 12.4. The van der Waals surface area contributed by atoms with Crippen molar-refractivity contribution in [2.24, 2.45) is 10.8 Å². The van der Waals surface area contributed by atoms with Gasteiger partial charge in [-0.15, -0.1) is 0 Å². The van der Waals surface area contributed by atoms with Gasteiger partial charge >= 0.3 is 0 Å². The minimum Gasteiger partial charge on any atom is -0.367 e. The Morgan fingerprint density at radius 1 is 1.21 bits per heavy atom. The van der Waals surface area contributed by atoms with E-state index < -0.39 is 0 Å². The zero-order valence-corrected chi connectivity index (χ0v) is 12.3. The summed E-state index contributed by atoms with van der Waals surface area (Å²) in [4.78, 5) is 4.31. The fourth-order valence-corrected chi connectivity index (χ4v) is 3.73. The molecule has 0 aromatic carbocycles. The highest BCUT2D eigenvalue weighted by molar-refractivity contribution is 5.39. The van der Waals surface area contributed by atoms with Crippen LogP contribution in [0.1, 0.15) is 52.7 Å². The average Bonchev–Trinajstić information content (AvgIpc) is 2.24. The molecule has 0 unspecified atom stereocenters. The third kappa shape index (κ3) is 3.70. The second kappa shape index (κ2) is 4.85. The fourth-order valence-electron chi connectivity index (χ4n) is 3.73. The third-order valence-corrected chi connectivity index (χ3v) is 3.77. The predicted molar refractivity (Wildman–Crippen MR) is 77.8 cm³/mol. The maximum absolute atomic E-state index is 8.89. The number of nitrogens with zero attached hydrogens (tertiary/aromatic N) is 2. The molecule has 3 nitrogen and oxygen atoms in total. The van der Waals surface area contributed by atoms with Crippen LogP contribution in [0.3, 0.4) is 0 Å². The zero-order valence-electron chi connectivity index (χ0n) is 12.3. The molecular weight excluding hydrogens is 234 g/mol. The van der Waals surface area contributed by atoms with Crippen LogP contribution in [0.5, 0.6) is 0 Å². The first-order chi connectivity index (χ1) is 8.80. The Balaban J connectivity index is 2.12. The Bertz CT molecular complexity index is 481. The number of nitriles is 1. The molecule has 1 aliphatic carbocycles. The average molecular weight is 257 g/mol. The molecule has 0 bridgehead atoms. The molecule has 1 aromatic rings. The molecular formula is C16H23N3. The van der Waals surface area contributed by atoms with Gasteiger partial charge in [-0.1, -0.05) is 33.8 Å². The summed E-state index contributed by atoms with van der Waals surface area (Å²) in [5.74, 6) is 0.817. The van der Waals surface area contributed by atoms with Crippen molar-refractivity contribution < 1.29 is 0 Å². The number of rotatable bonds is 2. The number of pyridine rings is 1. The van der Waals surface area contributed by atoms with Crippen molar-refractivity contribution in [2.45, 2.75) is 53.0 Å². The lowest BCUT2D eigenvalue weighted by atomic mass is 9.63. The lowest BCUT2D eigenvalue weighted by Crippen LogP contribution is -2.40. The Labute approximate surface area is 116 Å². The van der Waals surface area contributed by atoms with Gasteiger partial charge in [-0.25, -0.2) is 4.98 Å². The second-order valence-electron chi connectivity index (χ2n) is 7.27. The first-order valence-corrected chi connectivity index (χ1v) is 6.93. The van der Waals surface area contributed by atoms with Crippen LogP contribution in [-0.4, -0.2) is 11.0 Å². The fraction of sp³-hybridized carbons (Fsp3) is 0.625. The summed E-state index contributed by atoms with van der Waals surface area (Å²) in [6, 6.07) is 8.07. The Kier molecular flexibility index (Phi) is 3.54. The third-order valence-electron chi connectivity index (χ3n) is 3.77. The quantitative estimate of drug-likeness (QED) is 0.872. The largest absolute Gasteiger partial charge is 0.367 e. The maximum Gasteiger partial charge on any atom is 0.142 e. The molecule has 1 fully saturated rings. The predicted octanol–water partition coefficient (Wildman–Crippen LogP) is 3.97. The second-order valence-corrected chi connectivity index (χ2v) is 7.27. The van der Waals surface area contributed by atoms with Crippen LogP contribution < -0.4 is 5.32 Å². The van der Waals surface area contributed by atoms with Gasteiger partial charge in [-0.3, -0.25) is 0 Å². The number of anilines is 1. The van der Waals surface area contributed by atoms with Crippen molar-refractivity contribution in [1.29, 1.82) is 5.26 Å². The molecule has 1 N–H and O–H groups in total. The van der Waals surface area contributed by atoms with Gasteiger partial charge in [-0.05, 0) is 42.2 Å². The minimum atomic E-state index is 0.353. The smallest absolute Gasteiger partial charge is 0.142 e. The number of hydrogen-bond donors (Lipinski definition) is 1. The van der Waals surface area contributed by atoms with Crippen molar-refractivity contribution in [3.05, 3.63) is 23.9 Å². The number of nitrogens with one attached hydrogen (secondary N) is 1. The molecule has 0 amide bonds. The van der Waals surface area contributed by atoms with E-state index in [1.165, 1.54) is 6.42 Å². The van der Waals surface area contributed by atoms with Crippen molar-refractivity contribution in [2.75, 3.05) is 5.32 Å². The molecule has 19 heavy (non-hydrogen) atoms. The van der Waals surface area contributed by atoms with E-state index in [0.29, 0.717) is 22.6 Å². The van der Waals surface area contributed by atoms with E-state index in [-0.39, 0.29) is 0 Å². The topological polar surface area (TPSA) is 48.7 Å². The Hall–Kier alpha value is -1.56. The lowest BCUT2D eigenvalue weighted by Gasteiger charge is -2.45. The highest BCUT2D eigenvalue weighted by Gasteiger charge is 2.38. The van der Waals surface area contributed by atoms with E-state index in [9.17, 15) is 0 Å². The summed E-state index contributed by atoms with van der Waals surface area (Å²) in [6.07, 6.45) is 3.55. The van der Waals surface area contributed by atoms with Crippen LogP contribution in [0.15, 0.2) is 18.2 Å². The summed E-state index contributed by atoms with van der Waals surface area (Å²) in [5.41, 5.74) is 1.18. The first kappa shape index (κ1) is 13.9. The van der Waals surface area contributed by atoms with E-state index in [2.05, 4.69) is 44.1 Å². The molecule has 1 aromatic heterocycles. The summed E-state index contributed by atoms with van der Waals surface area (Å²) >= 11 is 0. The number of aromatic nitrogens is 1. The van der Waals surface area contributed by atoms with Gasteiger partial charge in [0.1, 0.15) is 17.6 Å². The van der Waals surface area contributed by atoms with Gasteiger partial charge in [0.15, 0.2) is 0 Å². The molecule has 1 aliphatic rings. The van der Waals surface area contributed by atoms with Crippen molar-refractivity contribution in [3.8, 4) is 6.07 Å². The van der Waals surface area contributed by atoms with E-state index in [1.807, 2.05) is 12.1 Å². The van der Waals surface area contributed by atoms with Gasteiger partial charge in [-0.2, -0.15) is 5.26 Å². The monoisotopic (exact) mass is 257 g/mol. The van der Waals surface area contributed by atoms with Gasteiger partial charge in [0.05, 0.1) is 0 Å². The van der Waals surface area contributed by atoms with E-state index >= 15 is 0 Å². The Morgan fingerprint density at radius 2 is 1.84 bits per heavy atom. The van der Waals surface area contributed by atoms with E-state index in [4.69, 9.17) is 5.26 Å². The van der Waals surface area contributed by atoms with Gasteiger partial charge in [0.25, 0.3) is 0 Å². The van der Waals surface area contributed by atoms with Crippen LogP contribution >= 0.6 is 0 Å². The van der Waals surface area contributed by atoms with Crippen LogP contribution in [0.25, 0.3) is 0 Å². The minimum absolute atomic E-state index is 0.353. The SMILES string of the molecule is CC1(C)CC(Nc2cccc(C#N)n2)CC(C)(C)C1. The lowest BCUT2D eigenvalue weighted by molar-refractivity contribution is 0.105. The molecule has 1 saturated carbocycles. The normalized spacial score (nSPS) is 21.6. The van der Waals surface area contributed by atoms with Crippen molar-refractivity contribution in [3.63, 3.8) is 0 Å². The Morgan fingerprint density at radius 3 is 2.42 bits per heavy atom. The summed E-state index contributed by atoms with van der Waals surface area (Å²) in [6.45, 7) is 9.34. The van der Waals surface area contributed by atoms with Crippen LogP contribution in [0.2, 0.25) is 0 Å². The van der Waals surface area contributed by atoms with Crippen LogP contribution in [0, 0.1) is 22.2 Å². The molecule has 0 radical (unpaired) electrons. The number of hydrogen-bond acceptors (Lipinski definition) is 3. The molecule has 3 heteroatoms. The van der Waals surface area contributed by atoms with E-state index in [1.54, 1.807) is 6.07 Å². The van der Waals surface area contributed by atoms with Crippen LogP contribution in [-0.2, 0) is 0 Å². The highest BCUT2D eigenvalue weighted by Crippen LogP contribution is 2.46. The molecule has 0 spiro atoms. The first-order valence-electron chi connectivity index (χ1n) is 6.93. The molecule has 0 atom stereocenters. The van der Waals surface area contributed by atoms with E-state index in [0.717, 1.165) is 18.7 Å². The maximum atomic E-state index is 8.89. The van der Waals surface area contributed by atoms with Gasteiger partial charge < -0.3 is 5.32 Å². The molecule has 1 heterocycles. The molecule has 0 saturated heterocycles.